The minimum Gasteiger partial charge on any atom is -0.497 e. The van der Waals surface area contributed by atoms with E-state index in [0.29, 0.717) is 11.6 Å². The molecule has 1 aromatic carbocycles. The van der Waals surface area contributed by atoms with Gasteiger partial charge in [0.05, 0.1) is 13.7 Å². The number of hydrogen-bond acceptors (Lipinski definition) is 3. The van der Waals surface area contributed by atoms with E-state index in [4.69, 9.17) is 16.3 Å². The lowest BCUT2D eigenvalue weighted by Gasteiger charge is -2.06. The fourth-order valence-electron chi connectivity index (χ4n) is 1.27. The molecular weight excluding hydrogens is 214 g/mol. The molecule has 15 heavy (non-hydrogen) atoms. The molecule has 0 unspecified atom stereocenters. The van der Waals surface area contributed by atoms with Crippen LogP contribution in [0.4, 0.5) is 0 Å². The molecule has 0 aliphatic heterocycles. The first-order chi connectivity index (χ1) is 7.29. The summed E-state index contributed by atoms with van der Waals surface area (Å²) in [5, 5.41) is 4.68. The highest BCUT2D eigenvalue weighted by Crippen LogP contribution is 2.22. The van der Waals surface area contributed by atoms with Gasteiger partial charge < -0.3 is 4.74 Å². The van der Waals surface area contributed by atoms with E-state index >= 15 is 0 Å². The van der Waals surface area contributed by atoms with E-state index < -0.39 is 0 Å². The van der Waals surface area contributed by atoms with Crippen LogP contribution >= 0.6 is 11.6 Å². The Morgan fingerprint density at radius 1 is 1.47 bits per heavy atom. The average molecular weight is 224 g/mol. The summed E-state index contributed by atoms with van der Waals surface area (Å²) >= 11 is 6.08. The van der Waals surface area contributed by atoms with Crippen LogP contribution in [0.3, 0.4) is 0 Å². The molecule has 0 atom stereocenters. The summed E-state index contributed by atoms with van der Waals surface area (Å²) in [6.07, 6.45) is 3.15. The lowest BCUT2D eigenvalue weighted by atomic mass is 10.2. The van der Waals surface area contributed by atoms with Crippen molar-refractivity contribution in [3.63, 3.8) is 0 Å². The smallest absolute Gasteiger partial charge is 0.137 e. The van der Waals surface area contributed by atoms with Gasteiger partial charge in [-0.2, -0.15) is 5.10 Å². The van der Waals surface area contributed by atoms with Crippen LogP contribution < -0.4 is 4.74 Å². The van der Waals surface area contributed by atoms with Crippen LogP contribution in [0, 0.1) is 0 Å². The minimum absolute atomic E-state index is 0.614. The zero-order valence-electron chi connectivity index (χ0n) is 8.22. The molecule has 0 saturated heterocycles. The van der Waals surface area contributed by atoms with Gasteiger partial charge in [0.25, 0.3) is 0 Å². The topological polar surface area (TPSA) is 39.9 Å². The van der Waals surface area contributed by atoms with Crippen LogP contribution in [-0.2, 0) is 6.54 Å². The summed E-state index contributed by atoms with van der Waals surface area (Å²) in [5.74, 6) is 0.752. The number of nitrogens with zero attached hydrogens (tertiary/aromatic N) is 3. The lowest BCUT2D eigenvalue weighted by molar-refractivity contribution is 0.414. The Labute approximate surface area is 92.5 Å². The first-order valence-corrected chi connectivity index (χ1v) is 4.82. The number of rotatable bonds is 3. The van der Waals surface area contributed by atoms with Gasteiger partial charge in [-0.05, 0) is 17.7 Å². The number of aromatic nitrogens is 3. The lowest BCUT2D eigenvalue weighted by Crippen LogP contribution is -2.00. The second-order valence-electron chi connectivity index (χ2n) is 3.05. The summed E-state index contributed by atoms with van der Waals surface area (Å²) in [4.78, 5) is 3.87. The van der Waals surface area contributed by atoms with Gasteiger partial charge in [0.15, 0.2) is 0 Å². The largest absolute Gasteiger partial charge is 0.497 e. The summed E-state index contributed by atoms with van der Waals surface area (Å²) in [6, 6.07) is 5.58. The zero-order valence-corrected chi connectivity index (χ0v) is 8.98. The average Bonchev–Trinajstić information content (AvgIpc) is 2.74. The number of methoxy groups -OCH3 is 1. The van der Waals surface area contributed by atoms with Crippen molar-refractivity contribution in [1.82, 2.24) is 14.8 Å². The third-order valence-electron chi connectivity index (χ3n) is 2.06. The molecule has 4 nitrogen and oxygen atoms in total. The maximum absolute atomic E-state index is 6.08. The molecule has 2 aromatic rings. The number of benzene rings is 1. The molecule has 0 amide bonds. The molecule has 0 saturated carbocycles. The van der Waals surface area contributed by atoms with E-state index in [2.05, 4.69) is 10.1 Å². The van der Waals surface area contributed by atoms with E-state index in [9.17, 15) is 0 Å². The molecule has 0 N–H and O–H groups in total. The summed E-state index contributed by atoms with van der Waals surface area (Å²) < 4.78 is 6.78. The fraction of sp³-hybridized carbons (Fsp3) is 0.200. The predicted molar refractivity (Wildman–Crippen MR) is 57.1 cm³/mol. The van der Waals surface area contributed by atoms with Crippen LogP contribution in [0.2, 0.25) is 5.02 Å². The highest BCUT2D eigenvalue weighted by molar-refractivity contribution is 6.31. The van der Waals surface area contributed by atoms with E-state index in [0.717, 1.165) is 11.3 Å². The molecule has 0 aliphatic carbocycles. The fourth-order valence-corrected chi connectivity index (χ4v) is 1.50. The van der Waals surface area contributed by atoms with Gasteiger partial charge in [-0.3, -0.25) is 0 Å². The molecule has 1 heterocycles. The Balaban J connectivity index is 2.22. The van der Waals surface area contributed by atoms with Gasteiger partial charge >= 0.3 is 0 Å². The maximum Gasteiger partial charge on any atom is 0.137 e. The van der Waals surface area contributed by atoms with E-state index in [1.54, 1.807) is 24.2 Å². The quantitative estimate of drug-likeness (QED) is 0.799. The summed E-state index contributed by atoms with van der Waals surface area (Å²) in [5.41, 5.74) is 0.989. The van der Waals surface area contributed by atoms with Gasteiger partial charge in [0.1, 0.15) is 18.4 Å². The standard InChI is InChI=1S/C10H10ClN3O/c1-15-9-3-2-8(10(11)4-9)5-14-7-12-6-13-14/h2-4,6-7H,5H2,1H3. The summed E-state index contributed by atoms with van der Waals surface area (Å²) in [7, 11) is 1.61. The number of hydrogen-bond donors (Lipinski definition) is 0. The normalized spacial score (nSPS) is 10.3. The van der Waals surface area contributed by atoms with Gasteiger partial charge in [-0.1, -0.05) is 17.7 Å². The molecule has 0 radical (unpaired) electrons. The second kappa shape index (κ2) is 4.31. The van der Waals surface area contributed by atoms with Crippen molar-refractivity contribution < 1.29 is 4.74 Å². The van der Waals surface area contributed by atoms with Crippen LogP contribution in [0.25, 0.3) is 0 Å². The Hall–Kier alpha value is -1.55. The van der Waals surface area contributed by atoms with Crippen molar-refractivity contribution in [2.45, 2.75) is 6.54 Å². The van der Waals surface area contributed by atoms with Gasteiger partial charge in [0, 0.05) is 5.02 Å². The molecule has 0 bridgehead atoms. The minimum atomic E-state index is 0.614. The highest BCUT2D eigenvalue weighted by atomic mass is 35.5. The van der Waals surface area contributed by atoms with Crippen LogP contribution in [0.5, 0.6) is 5.75 Å². The van der Waals surface area contributed by atoms with Crippen molar-refractivity contribution in [2.24, 2.45) is 0 Å². The molecule has 1 aromatic heterocycles. The Bertz CT molecular complexity index is 442. The molecule has 0 aliphatic rings. The third-order valence-corrected chi connectivity index (χ3v) is 2.41. The Morgan fingerprint density at radius 3 is 2.93 bits per heavy atom. The van der Waals surface area contributed by atoms with Gasteiger partial charge in [0.2, 0.25) is 0 Å². The maximum atomic E-state index is 6.08. The van der Waals surface area contributed by atoms with Crippen LogP contribution in [0.15, 0.2) is 30.9 Å². The van der Waals surface area contributed by atoms with Crippen LogP contribution in [-0.4, -0.2) is 21.9 Å². The van der Waals surface area contributed by atoms with Crippen molar-refractivity contribution >= 4 is 11.6 Å². The van der Waals surface area contributed by atoms with Crippen LogP contribution in [0.1, 0.15) is 5.56 Å². The van der Waals surface area contributed by atoms with E-state index in [1.165, 1.54) is 6.33 Å². The Kier molecular flexibility index (Phi) is 2.87. The van der Waals surface area contributed by atoms with E-state index in [1.807, 2.05) is 12.1 Å². The van der Waals surface area contributed by atoms with Gasteiger partial charge in [-0.15, -0.1) is 0 Å². The molecule has 0 fully saturated rings. The van der Waals surface area contributed by atoms with Crippen molar-refractivity contribution in [3.05, 3.63) is 41.4 Å². The molecule has 2 rings (SSSR count). The molecule has 78 valence electrons. The Morgan fingerprint density at radius 2 is 2.33 bits per heavy atom. The number of ether oxygens (including phenoxy) is 1. The number of halogens is 1. The first kappa shape index (κ1) is 9.98. The van der Waals surface area contributed by atoms with Crippen molar-refractivity contribution in [1.29, 1.82) is 0 Å². The van der Waals surface area contributed by atoms with Crippen molar-refractivity contribution in [2.75, 3.05) is 7.11 Å². The molecular formula is C10H10ClN3O. The second-order valence-corrected chi connectivity index (χ2v) is 3.46. The van der Waals surface area contributed by atoms with Gasteiger partial charge in [-0.25, -0.2) is 9.67 Å². The van der Waals surface area contributed by atoms with Crippen molar-refractivity contribution in [3.8, 4) is 5.75 Å². The predicted octanol–water partition coefficient (Wildman–Crippen LogP) is 1.99. The first-order valence-electron chi connectivity index (χ1n) is 4.44. The molecule has 5 heteroatoms. The third kappa shape index (κ3) is 2.27. The zero-order chi connectivity index (χ0) is 10.7. The van der Waals surface area contributed by atoms with E-state index in [-0.39, 0.29) is 0 Å². The monoisotopic (exact) mass is 223 g/mol. The molecule has 0 spiro atoms. The highest BCUT2D eigenvalue weighted by Gasteiger charge is 2.03. The SMILES string of the molecule is COc1ccc(Cn2cncn2)c(Cl)c1. The summed E-state index contributed by atoms with van der Waals surface area (Å²) in [6.45, 7) is 0.614.